The van der Waals surface area contributed by atoms with Crippen LogP contribution in [-0.4, -0.2) is 42.9 Å². The molecule has 12 nitrogen and oxygen atoms in total. The number of hydrogen-bond donors (Lipinski definition) is 5. The number of benzene rings is 2. The molecule has 0 spiro atoms. The number of nitrogens with one attached hydrogen (secondary N) is 4. The minimum absolute atomic E-state index is 0.0532. The van der Waals surface area contributed by atoms with E-state index in [0.29, 0.717) is 28.4 Å². The molecule has 0 radical (unpaired) electrons. The molecule has 196 valence electrons. The van der Waals surface area contributed by atoms with Gasteiger partial charge in [-0.3, -0.25) is 23.9 Å². The van der Waals surface area contributed by atoms with Gasteiger partial charge in [-0.05, 0) is 42.5 Å². The third-order valence-electron chi connectivity index (χ3n) is 5.08. The summed E-state index contributed by atoms with van der Waals surface area (Å²) in [5, 5.41) is 10.3. The summed E-state index contributed by atoms with van der Waals surface area (Å²) in [7, 11) is -4.05. The molecule has 1 unspecified atom stereocenters. The largest absolute Gasteiger partial charge is 0.326 e. The van der Waals surface area contributed by atoms with Crippen molar-refractivity contribution in [3.63, 3.8) is 0 Å². The molecule has 0 bridgehead atoms. The lowest BCUT2D eigenvalue weighted by Gasteiger charge is -2.13. The summed E-state index contributed by atoms with van der Waals surface area (Å²) in [5.41, 5.74) is 1.56. The Morgan fingerprint density at radius 2 is 1.76 bits per heavy atom. The zero-order chi connectivity index (χ0) is 27.1. The van der Waals surface area contributed by atoms with E-state index in [1.54, 1.807) is 0 Å². The molecule has 1 atom stereocenters. The number of fused-ring (bicyclic) bond motifs is 1. The summed E-state index contributed by atoms with van der Waals surface area (Å²) in [4.78, 5) is 15.6. The number of hydrogen-bond acceptors (Lipinski definition) is 6. The van der Waals surface area contributed by atoms with E-state index in [-0.39, 0.29) is 32.6 Å². The van der Waals surface area contributed by atoms with Gasteiger partial charge in [0.05, 0.1) is 22.0 Å². The van der Waals surface area contributed by atoms with Gasteiger partial charge in [-0.1, -0.05) is 32.4 Å². The minimum atomic E-state index is -4.05. The molecule has 0 aliphatic carbocycles. The quantitative estimate of drug-likeness (QED) is 0.211. The molecule has 37 heavy (non-hydrogen) atoms. The van der Waals surface area contributed by atoms with Crippen LogP contribution in [-0.2, 0) is 31.5 Å². The lowest BCUT2D eigenvalue weighted by molar-refractivity contribution is -0.114. The van der Waals surface area contributed by atoms with Gasteiger partial charge in [0.25, 0.3) is 21.3 Å². The number of rotatable bonds is 7. The Morgan fingerprint density at radius 1 is 1.11 bits per heavy atom. The number of nitrogens with zero attached hydrogens (tertiary/aromatic N) is 3. The van der Waals surface area contributed by atoms with Crippen LogP contribution in [0.2, 0.25) is 5.02 Å². The van der Waals surface area contributed by atoms with Gasteiger partial charge in [-0.2, -0.15) is 4.63 Å². The molecule has 0 aliphatic rings. The lowest BCUT2D eigenvalue weighted by Crippen LogP contribution is -2.14. The van der Waals surface area contributed by atoms with Gasteiger partial charge >= 0.3 is 0 Å². The molecular weight excluding hydrogens is 542 g/mol. The Kier molecular flexibility index (Phi) is 7.03. The molecule has 2 heterocycles. The average molecular weight is 566 g/mol. The number of sulfonamides is 1. The Labute approximate surface area is 220 Å². The standard InChI is InChI=1S/C22H24ClN7O5S2/c1-12(31)24-14-5-7-17(8-6-14)37(34,35)29-16-10-13(9-15(11-16)28-36(32)33)19-18(23)20-25-21(22(2,3)4)27-30(20)26-19/h5-11,26,28-29H,1-4H3,(H,24,31)(H,32,33). The zero-order valence-corrected chi connectivity index (χ0v) is 22.5. The molecule has 0 fully saturated rings. The van der Waals surface area contributed by atoms with Crippen LogP contribution in [0.25, 0.3) is 16.9 Å². The second-order valence-corrected chi connectivity index (χ2v) is 11.9. The smallest absolute Gasteiger partial charge is 0.261 e. The van der Waals surface area contributed by atoms with Crippen LogP contribution in [0, 0.1) is 0 Å². The zero-order valence-electron chi connectivity index (χ0n) is 20.2. The second-order valence-electron chi connectivity index (χ2n) is 9.18. The van der Waals surface area contributed by atoms with E-state index in [0.717, 1.165) is 0 Å². The van der Waals surface area contributed by atoms with E-state index in [2.05, 4.69) is 29.9 Å². The van der Waals surface area contributed by atoms with E-state index < -0.39 is 21.3 Å². The number of carbonyl (C=O) groups excluding carboxylic acids is 1. The van der Waals surface area contributed by atoms with Gasteiger partial charge in [0.15, 0.2) is 11.5 Å². The number of H-pyrrole nitrogens is 1. The Hall–Kier alpha value is -3.46. The number of aromatic nitrogens is 4. The van der Waals surface area contributed by atoms with Crippen molar-refractivity contribution < 1.29 is 22.0 Å². The third kappa shape index (κ3) is 5.93. The molecule has 4 aromatic rings. The highest BCUT2D eigenvalue weighted by Crippen LogP contribution is 2.35. The Bertz CT molecular complexity index is 1620. The van der Waals surface area contributed by atoms with Crippen LogP contribution in [0.4, 0.5) is 17.1 Å². The van der Waals surface area contributed by atoms with Crippen LogP contribution in [0.3, 0.4) is 0 Å². The number of halogens is 1. The van der Waals surface area contributed by atoms with Gasteiger partial charge in [-0.15, -0.1) is 5.10 Å². The maximum absolute atomic E-state index is 13.0. The molecule has 4 rings (SSSR count). The predicted octanol–water partition coefficient (Wildman–Crippen LogP) is 3.98. The summed E-state index contributed by atoms with van der Waals surface area (Å²) in [5.74, 6) is 0.295. The van der Waals surface area contributed by atoms with E-state index in [1.165, 1.54) is 54.0 Å². The van der Waals surface area contributed by atoms with Gasteiger partial charge in [-0.25, -0.2) is 17.6 Å². The molecule has 2 aromatic heterocycles. The van der Waals surface area contributed by atoms with Crippen molar-refractivity contribution in [2.24, 2.45) is 0 Å². The monoisotopic (exact) mass is 565 g/mol. The van der Waals surface area contributed by atoms with E-state index in [9.17, 15) is 22.0 Å². The Morgan fingerprint density at radius 3 is 2.32 bits per heavy atom. The van der Waals surface area contributed by atoms with Crippen molar-refractivity contribution in [2.45, 2.75) is 38.0 Å². The van der Waals surface area contributed by atoms with Crippen LogP contribution >= 0.6 is 11.6 Å². The van der Waals surface area contributed by atoms with Crippen molar-refractivity contribution >= 4 is 61.5 Å². The molecule has 5 N–H and O–H groups in total. The van der Waals surface area contributed by atoms with Crippen LogP contribution in [0.15, 0.2) is 47.4 Å². The summed E-state index contributed by atoms with van der Waals surface area (Å²) in [6, 6.07) is 10.00. The summed E-state index contributed by atoms with van der Waals surface area (Å²) in [6.07, 6.45) is 0. The van der Waals surface area contributed by atoms with E-state index in [4.69, 9.17) is 11.6 Å². The number of amides is 1. The number of anilines is 3. The highest BCUT2D eigenvalue weighted by molar-refractivity contribution is 7.92. The summed E-state index contributed by atoms with van der Waals surface area (Å²) >= 11 is 4.18. The fraction of sp³-hybridized carbons (Fsp3) is 0.227. The first-order valence-corrected chi connectivity index (χ1v) is 13.8. The van der Waals surface area contributed by atoms with Crippen molar-refractivity contribution in [1.82, 2.24) is 19.8 Å². The predicted molar refractivity (Wildman–Crippen MR) is 142 cm³/mol. The van der Waals surface area contributed by atoms with E-state index >= 15 is 0 Å². The molecule has 15 heteroatoms. The molecular formula is C22H24ClN7O5S2. The van der Waals surface area contributed by atoms with Crippen LogP contribution in [0.1, 0.15) is 33.5 Å². The van der Waals surface area contributed by atoms with Crippen molar-refractivity contribution in [2.75, 3.05) is 14.8 Å². The van der Waals surface area contributed by atoms with Crippen LogP contribution in [0.5, 0.6) is 0 Å². The number of aromatic amines is 1. The van der Waals surface area contributed by atoms with Gasteiger partial charge in [0.2, 0.25) is 5.91 Å². The molecule has 0 aliphatic heterocycles. The first-order valence-electron chi connectivity index (χ1n) is 10.8. The number of carbonyl (C=O) groups is 1. The fourth-order valence-electron chi connectivity index (χ4n) is 3.43. The maximum Gasteiger partial charge on any atom is 0.261 e. The SMILES string of the molecule is CC(=O)Nc1ccc(S(=O)(=O)Nc2cc(NS(=O)O)cc(-c3[nH]n4nc(C(C)(C)C)nc4c3Cl)c2)cc1. The van der Waals surface area contributed by atoms with Crippen molar-refractivity contribution in [3.8, 4) is 11.3 Å². The fourth-order valence-corrected chi connectivity index (χ4v) is 5.07. The minimum Gasteiger partial charge on any atom is -0.326 e. The van der Waals surface area contributed by atoms with Crippen molar-refractivity contribution in [1.29, 1.82) is 0 Å². The first-order chi connectivity index (χ1) is 17.2. The normalized spacial score (nSPS) is 12.9. The summed E-state index contributed by atoms with van der Waals surface area (Å²) in [6.45, 7) is 7.24. The second kappa shape index (κ2) is 9.78. The molecule has 0 saturated heterocycles. The maximum atomic E-state index is 13.0. The first kappa shape index (κ1) is 26.6. The Balaban J connectivity index is 1.72. The van der Waals surface area contributed by atoms with Gasteiger partial charge in [0.1, 0.15) is 5.02 Å². The van der Waals surface area contributed by atoms with Gasteiger partial charge in [0, 0.05) is 23.6 Å². The highest BCUT2D eigenvalue weighted by Gasteiger charge is 2.24. The lowest BCUT2D eigenvalue weighted by atomic mass is 9.96. The van der Waals surface area contributed by atoms with Crippen molar-refractivity contribution in [3.05, 3.63) is 53.3 Å². The van der Waals surface area contributed by atoms with Crippen LogP contribution < -0.4 is 14.8 Å². The summed E-state index contributed by atoms with van der Waals surface area (Å²) < 4.78 is 53.0. The average Bonchev–Trinajstić information content (AvgIpc) is 3.32. The third-order valence-corrected chi connectivity index (χ3v) is 7.24. The van der Waals surface area contributed by atoms with E-state index in [1.807, 2.05) is 20.8 Å². The molecule has 1 amide bonds. The topological polar surface area (TPSA) is 171 Å². The molecule has 0 saturated carbocycles. The van der Waals surface area contributed by atoms with Gasteiger partial charge < -0.3 is 5.32 Å². The highest BCUT2D eigenvalue weighted by atomic mass is 35.5. The molecule has 2 aromatic carbocycles.